The van der Waals surface area contributed by atoms with Crippen LogP contribution in [-0.2, 0) is 4.79 Å². The van der Waals surface area contributed by atoms with Gasteiger partial charge in [-0.2, -0.15) is 0 Å². The number of nitrogens with two attached hydrogens (primary N) is 1. The SMILES string of the molecule is C/C(N)=C/C(=O)C[Si](C)(C)C. The van der Waals surface area contributed by atoms with E-state index in [9.17, 15) is 4.79 Å². The summed E-state index contributed by atoms with van der Waals surface area (Å²) in [4.78, 5) is 11.1. The van der Waals surface area contributed by atoms with Crippen molar-refractivity contribution in [1.82, 2.24) is 0 Å². The third-order valence-corrected chi connectivity index (χ3v) is 2.50. The van der Waals surface area contributed by atoms with Gasteiger partial charge in [-0.3, -0.25) is 4.79 Å². The topological polar surface area (TPSA) is 43.1 Å². The van der Waals surface area contributed by atoms with Gasteiger partial charge in [0.25, 0.3) is 0 Å². The van der Waals surface area contributed by atoms with Crippen molar-refractivity contribution in [2.45, 2.75) is 32.6 Å². The Morgan fingerprint density at radius 3 is 2.18 bits per heavy atom. The third kappa shape index (κ3) is 7.32. The van der Waals surface area contributed by atoms with Crippen LogP contribution in [0.5, 0.6) is 0 Å². The van der Waals surface area contributed by atoms with Gasteiger partial charge in [-0.05, 0) is 13.0 Å². The fourth-order valence-electron chi connectivity index (χ4n) is 0.828. The second kappa shape index (κ2) is 3.71. The highest BCUT2D eigenvalue weighted by atomic mass is 28.3. The van der Waals surface area contributed by atoms with Gasteiger partial charge in [0.1, 0.15) is 0 Å². The standard InChI is InChI=1S/C8H17NOSi/c1-7(9)5-8(10)6-11(2,3)4/h5H,6,9H2,1-4H3/b7-5-. The quantitative estimate of drug-likeness (QED) is 0.519. The molecule has 0 rings (SSSR count). The zero-order chi connectivity index (χ0) is 9.07. The molecule has 2 nitrogen and oxygen atoms in total. The average molecular weight is 171 g/mol. The fourth-order valence-corrected chi connectivity index (χ4v) is 1.98. The summed E-state index contributed by atoms with van der Waals surface area (Å²) >= 11 is 0. The predicted molar refractivity (Wildman–Crippen MR) is 51.1 cm³/mol. The highest BCUT2D eigenvalue weighted by molar-refractivity contribution is 6.79. The Bertz CT molecular complexity index is 175. The van der Waals surface area contributed by atoms with Crippen LogP contribution in [0.2, 0.25) is 25.7 Å². The van der Waals surface area contributed by atoms with E-state index >= 15 is 0 Å². The van der Waals surface area contributed by atoms with Crippen LogP contribution >= 0.6 is 0 Å². The lowest BCUT2D eigenvalue weighted by molar-refractivity contribution is -0.112. The smallest absolute Gasteiger partial charge is 0.154 e. The molecule has 0 aliphatic heterocycles. The maximum Gasteiger partial charge on any atom is 0.154 e. The van der Waals surface area contributed by atoms with Gasteiger partial charge in [0.2, 0.25) is 0 Å². The van der Waals surface area contributed by atoms with Gasteiger partial charge in [-0.15, -0.1) is 0 Å². The van der Waals surface area contributed by atoms with E-state index in [2.05, 4.69) is 19.6 Å². The Balaban J connectivity index is 4.00. The van der Waals surface area contributed by atoms with E-state index in [0.717, 1.165) is 0 Å². The number of hydrogen-bond donors (Lipinski definition) is 1. The minimum absolute atomic E-state index is 0.171. The third-order valence-electron chi connectivity index (χ3n) is 1.09. The lowest BCUT2D eigenvalue weighted by Gasteiger charge is -2.12. The molecular formula is C8H17NOSi. The maximum atomic E-state index is 11.1. The summed E-state index contributed by atoms with van der Waals surface area (Å²) in [6.07, 6.45) is 1.53. The fraction of sp³-hybridized carbons (Fsp3) is 0.625. The van der Waals surface area contributed by atoms with E-state index in [0.29, 0.717) is 11.7 Å². The molecule has 0 aliphatic carbocycles. The predicted octanol–water partition coefficient (Wildman–Crippen LogP) is 1.76. The van der Waals surface area contributed by atoms with Gasteiger partial charge in [-0.25, -0.2) is 0 Å². The minimum atomic E-state index is -1.24. The van der Waals surface area contributed by atoms with Crippen LogP contribution in [-0.4, -0.2) is 13.9 Å². The molecule has 0 aliphatic rings. The van der Waals surface area contributed by atoms with Crippen LogP contribution < -0.4 is 5.73 Å². The molecule has 0 amide bonds. The Morgan fingerprint density at radius 1 is 1.45 bits per heavy atom. The number of ketones is 1. The first-order chi connectivity index (χ1) is 4.81. The lowest BCUT2D eigenvalue weighted by Crippen LogP contribution is -2.23. The summed E-state index contributed by atoms with van der Waals surface area (Å²) in [7, 11) is -1.24. The summed E-state index contributed by atoms with van der Waals surface area (Å²) in [5.41, 5.74) is 5.97. The first-order valence-electron chi connectivity index (χ1n) is 3.78. The Morgan fingerprint density at radius 2 is 1.91 bits per heavy atom. The zero-order valence-corrected chi connectivity index (χ0v) is 8.77. The maximum absolute atomic E-state index is 11.1. The second-order valence-electron chi connectivity index (χ2n) is 4.09. The van der Waals surface area contributed by atoms with Crippen molar-refractivity contribution in [1.29, 1.82) is 0 Å². The van der Waals surface area contributed by atoms with Crippen molar-refractivity contribution in [3.05, 3.63) is 11.8 Å². The summed E-state index contributed by atoms with van der Waals surface area (Å²) in [6, 6.07) is 0.696. The average Bonchev–Trinajstić information content (AvgIpc) is 1.53. The Kier molecular flexibility index (Phi) is 3.52. The summed E-state index contributed by atoms with van der Waals surface area (Å²) in [5.74, 6) is 0.171. The molecule has 0 spiro atoms. The summed E-state index contributed by atoms with van der Waals surface area (Å²) in [5, 5.41) is 0. The van der Waals surface area contributed by atoms with Crippen molar-refractivity contribution in [2.75, 3.05) is 0 Å². The molecule has 0 radical (unpaired) electrons. The van der Waals surface area contributed by atoms with Crippen molar-refractivity contribution in [2.24, 2.45) is 5.73 Å². The van der Waals surface area contributed by atoms with Gasteiger partial charge in [0.05, 0.1) is 8.07 Å². The van der Waals surface area contributed by atoms with Gasteiger partial charge >= 0.3 is 0 Å². The molecule has 2 N–H and O–H groups in total. The molecular weight excluding hydrogens is 154 g/mol. The molecule has 64 valence electrons. The molecule has 0 unspecified atom stereocenters. The first-order valence-corrected chi connectivity index (χ1v) is 7.48. The summed E-state index contributed by atoms with van der Waals surface area (Å²) < 4.78 is 0. The van der Waals surface area contributed by atoms with Gasteiger partial charge in [0.15, 0.2) is 5.78 Å². The van der Waals surface area contributed by atoms with Crippen LogP contribution in [0, 0.1) is 0 Å². The van der Waals surface area contributed by atoms with Crippen LogP contribution in [0.3, 0.4) is 0 Å². The molecule has 0 atom stereocenters. The van der Waals surface area contributed by atoms with Crippen LogP contribution in [0.1, 0.15) is 6.92 Å². The van der Waals surface area contributed by atoms with E-state index in [1.165, 1.54) is 6.08 Å². The van der Waals surface area contributed by atoms with E-state index in [1.807, 2.05) is 0 Å². The zero-order valence-electron chi connectivity index (χ0n) is 7.77. The Hall–Kier alpha value is -0.573. The molecule has 0 heterocycles. The van der Waals surface area contributed by atoms with Crippen molar-refractivity contribution < 1.29 is 4.79 Å². The monoisotopic (exact) mass is 171 g/mol. The van der Waals surface area contributed by atoms with Crippen LogP contribution in [0.25, 0.3) is 0 Å². The van der Waals surface area contributed by atoms with Crippen LogP contribution in [0.15, 0.2) is 11.8 Å². The van der Waals surface area contributed by atoms with Gasteiger partial charge in [-0.1, -0.05) is 19.6 Å². The number of hydrogen-bond acceptors (Lipinski definition) is 2. The molecule has 0 aromatic carbocycles. The van der Waals surface area contributed by atoms with E-state index in [-0.39, 0.29) is 5.78 Å². The van der Waals surface area contributed by atoms with Crippen LogP contribution in [0.4, 0.5) is 0 Å². The molecule has 0 saturated carbocycles. The van der Waals surface area contributed by atoms with Crippen molar-refractivity contribution in [3.8, 4) is 0 Å². The Labute approximate surface area is 69.5 Å². The highest BCUT2D eigenvalue weighted by Crippen LogP contribution is 2.08. The molecule has 0 aromatic heterocycles. The highest BCUT2D eigenvalue weighted by Gasteiger charge is 2.16. The first kappa shape index (κ1) is 10.4. The molecule has 0 saturated heterocycles. The lowest BCUT2D eigenvalue weighted by atomic mass is 10.3. The van der Waals surface area contributed by atoms with E-state index < -0.39 is 8.07 Å². The molecule has 11 heavy (non-hydrogen) atoms. The molecule has 0 bridgehead atoms. The number of carbonyl (C=O) groups is 1. The normalized spacial score (nSPS) is 13.3. The minimum Gasteiger partial charge on any atom is -0.402 e. The summed E-state index contributed by atoms with van der Waals surface area (Å²) in [6.45, 7) is 8.25. The van der Waals surface area contributed by atoms with E-state index in [4.69, 9.17) is 5.73 Å². The van der Waals surface area contributed by atoms with Gasteiger partial charge in [0, 0.05) is 11.7 Å². The number of rotatable bonds is 3. The molecule has 0 fully saturated rings. The molecule has 3 heteroatoms. The number of carbonyl (C=O) groups excluding carboxylic acids is 1. The van der Waals surface area contributed by atoms with Crippen molar-refractivity contribution >= 4 is 13.9 Å². The number of allylic oxidation sites excluding steroid dienone is 2. The van der Waals surface area contributed by atoms with Gasteiger partial charge < -0.3 is 5.73 Å². The second-order valence-corrected chi connectivity index (χ2v) is 9.57. The largest absolute Gasteiger partial charge is 0.402 e. The van der Waals surface area contributed by atoms with E-state index in [1.54, 1.807) is 6.92 Å². The van der Waals surface area contributed by atoms with Crippen molar-refractivity contribution in [3.63, 3.8) is 0 Å². The molecule has 0 aromatic rings.